The number of benzene rings is 2. The van der Waals surface area contributed by atoms with Gasteiger partial charge in [0.05, 0.1) is 5.56 Å². The molecule has 2 aromatic carbocycles. The first-order valence-corrected chi connectivity index (χ1v) is 10.2. The number of hydrogen-bond donors (Lipinski definition) is 1. The maximum atomic E-state index is 12.6. The standard InChI is InChI=1S/C23H25F3N2O/c24-23(25,26)20-8-4-16(5-9-20)15-27-22(29)19-7-6-17-10-12-28(21-2-1-3-21)13-11-18(17)14-19/h4-9,14,21H,1-3,10-13,15H2,(H,27,29). The van der Waals surface area contributed by atoms with E-state index in [-0.39, 0.29) is 12.5 Å². The van der Waals surface area contributed by atoms with Gasteiger partial charge in [-0.15, -0.1) is 0 Å². The van der Waals surface area contributed by atoms with E-state index in [0.29, 0.717) is 11.1 Å². The highest BCUT2D eigenvalue weighted by Crippen LogP contribution is 2.29. The smallest absolute Gasteiger partial charge is 0.348 e. The fraction of sp³-hybridized carbons (Fsp3) is 0.435. The first-order chi connectivity index (χ1) is 13.9. The van der Waals surface area contributed by atoms with Crippen LogP contribution < -0.4 is 5.32 Å². The van der Waals surface area contributed by atoms with E-state index >= 15 is 0 Å². The Kier molecular flexibility index (Phi) is 5.63. The molecule has 0 atom stereocenters. The number of carbonyl (C=O) groups is 1. The molecule has 29 heavy (non-hydrogen) atoms. The van der Waals surface area contributed by atoms with Crippen LogP contribution in [0, 0.1) is 0 Å². The Bertz CT molecular complexity index is 873. The summed E-state index contributed by atoms with van der Waals surface area (Å²) < 4.78 is 37.9. The molecule has 4 rings (SSSR count). The second kappa shape index (κ2) is 8.19. The van der Waals surface area contributed by atoms with Gasteiger partial charge in [0, 0.05) is 31.2 Å². The zero-order chi connectivity index (χ0) is 20.4. The number of nitrogens with one attached hydrogen (secondary N) is 1. The fourth-order valence-electron chi connectivity index (χ4n) is 4.10. The number of alkyl halides is 3. The molecule has 0 unspecified atom stereocenters. The zero-order valence-electron chi connectivity index (χ0n) is 16.3. The van der Waals surface area contributed by atoms with E-state index in [1.165, 1.54) is 42.5 Å². The first-order valence-electron chi connectivity index (χ1n) is 10.2. The molecule has 1 saturated carbocycles. The average molecular weight is 402 g/mol. The predicted molar refractivity (Wildman–Crippen MR) is 106 cm³/mol. The first kappa shape index (κ1) is 20.0. The largest absolute Gasteiger partial charge is 0.416 e. The molecule has 3 nitrogen and oxygen atoms in total. The third kappa shape index (κ3) is 4.64. The minimum absolute atomic E-state index is 0.198. The Labute approximate surface area is 168 Å². The van der Waals surface area contributed by atoms with Gasteiger partial charge in [0.2, 0.25) is 0 Å². The maximum absolute atomic E-state index is 12.6. The number of carbonyl (C=O) groups excluding carboxylic acids is 1. The number of hydrogen-bond acceptors (Lipinski definition) is 2. The van der Waals surface area contributed by atoms with Crippen molar-refractivity contribution in [2.75, 3.05) is 13.1 Å². The molecule has 1 fully saturated rings. The summed E-state index contributed by atoms with van der Waals surface area (Å²) in [7, 11) is 0. The van der Waals surface area contributed by atoms with Crippen LogP contribution in [0.1, 0.15) is 51.9 Å². The van der Waals surface area contributed by atoms with Gasteiger partial charge in [-0.05, 0) is 66.6 Å². The second-order valence-electron chi connectivity index (χ2n) is 7.98. The van der Waals surface area contributed by atoms with Crippen LogP contribution in [-0.4, -0.2) is 29.9 Å². The summed E-state index contributed by atoms with van der Waals surface area (Å²) in [6.07, 6.45) is 1.54. The molecule has 1 aliphatic carbocycles. The van der Waals surface area contributed by atoms with Crippen LogP contribution in [0.4, 0.5) is 13.2 Å². The highest BCUT2D eigenvalue weighted by molar-refractivity contribution is 5.94. The number of nitrogens with zero attached hydrogens (tertiary/aromatic N) is 1. The van der Waals surface area contributed by atoms with Gasteiger partial charge in [-0.2, -0.15) is 13.2 Å². The third-order valence-corrected chi connectivity index (χ3v) is 6.13. The lowest BCUT2D eigenvalue weighted by Gasteiger charge is -2.36. The summed E-state index contributed by atoms with van der Waals surface area (Å²) in [6, 6.07) is 11.5. The maximum Gasteiger partial charge on any atom is 0.416 e. The van der Waals surface area contributed by atoms with E-state index in [9.17, 15) is 18.0 Å². The molecule has 1 N–H and O–H groups in total. The predicted octanol–water partition coefficient (Wildman–Crippen LogP) is 4.59. The molecular formula is C23H25F3N2O. The van der Waals surface area contributed by atoms with E-state index in [1.54, 1.807) is 0 Å². The van der Waals surface area contributed by atoms with Crippen molar-refractivity contribution in [3.05, 3.63) is 70.3 Å². The number of amides is 1. The average Bonchev–Trinajstić information content (AvgIpc) is 2.87. The highest BCUT2D eigenvalue weighted by Gasteiger charge is 2.30. The molecule has 2 aliphatic rings. The lowest BCUT2D eigenvalue weighted by Crippen LogP contribution is -2.41. The van der Waals surface area contributed by atoms with Crippen LogP contribution in [0.3, 0.4) is 0 Å². The monoisotopic (exact) mass is 402 g/mol. The van der Waals surface area contributed by atoms with E-state index in [0.717, 1.165) is 44.1 Å². The summed E-state index contributed by atoms with van der Waals surface area (Å²) in [4.78, 5) is 15.1. The summed E-state index contributed by atoms with van der Waals surface area (Å²) >= 11 is 0. The molecule has 1 aliphatic heterocycles. The molecule has 154 valence electrons. The fourth-order valence-corrected chi connectivity index (χ4v) is 4.10. The third-order valence-electron chi connectivity index (χ3n) is 6.13. The van der Waals surface area contributed by atoms with E-state index < -0.39 is 11.7 Å². The topological polar surface area (TPSA) is 32.3 Å². The van der Waals surface area contributed by atoms with Gasteiger partial charge < -0.3 is 5.32 Å². The molecule has 0 spiro atoms. The van der Waals surface area contributed by atoms with Gasteiger partial charge in [0.15, 0.2) is 0 Å². The Hall–Kier alpha value is -2.34. The molecule has 1 amide bonds. The van der Waals surface area contributed by atoms with Crippen molar-refractivity contribution in [2.45, 2.75) is 50.9 Å². The van der Waals surface area contributed by atoms with Crippen LogP contribution in [0.5, 0.6) is 0 Å². The van der Waals surface area contributed by atoms with Gasteiger partial charge in [0.1, 0.15) is 0 Å². The molecule has 6 heteroatoms. The molecule has 1 heterocycles. The van der Waals surface area contributed by atoms with Gasteiger partial charge in [-0.25, -0.2) is 0 Å². The highest BCUT2D eigenvalue weighted by atomic mass is 19.4. The lowest BCUT2D eigenvalue weighted by molar-refractivity contribution is -0.137. The van der Waals surface area contributed by atoms with Crippen molar-refractivity contribution >= 4 is 5.91 Å². The summed E-state index contributed by atoms with van der Waals surface area (Å²) in [5.41, 5.74) is 3.10. The summed E-state index contributed by atoms with van der Waals surface area (Å²) in [5, 5.41) is 2.81. The van der Waals surface area contributed by atoms with Gasteiger partial charge >= 0.3 is 6.18 Å². The Morgan fingerprint density at radius 3 is 2.31 bits per heavy atom. The van der Waals surface area contributed by atoms with Crippen LogP contribution in [0.15, 0.2) is 42.5 Å². The molecular weight excluding hydrogens is 377 g/mol. The molecule has 0 bridgehead atoms. The minimum atomic E-state index is -4.35. The van der Waals surface area contributed by atoms with E-state index in [2.05, 4.69) is 10.2 Å². The van der Waals surface area contributed by atoms with Crippen LogP contribution in [0.25, 0.3) is 0 Å². The van der Waals surface area contributed by atoms with Gasteiger partial charge in [0.25, 0.3) is 5.91 Å². The lowest BCUT2D eigenvalue weighted by atomic mass is 9.91. The van der Waals surface area contributed by atoms with Crippen molar-refractivity contribution in [3.63, 3.8) is 0 Å². The van der Waals surface area contributed by atoms with Crippen LogP contribution in [-0.2, 0) is 25.6 Å². The molecule has 0 aromatic heterocycles. The van der Waals surface area contributed by atoms with Crippen molar-refractivity contribution in [3.8, 4) is 0 Å². The normalized spacial score (nSPS) is 17.9. The number of rotatable bonds is 4. The van der Waals surface area contributed by atoms with Crippen molar-refractivity contribution in [2.24, 2.45) is 0 Å². The minimum Gasteiger partial charge on any atom is -0.348 e. The Morgan fingerprint density at radius 1 is 1.00 bits per heavy atom. The number of halogens is 3. The zero-order valence-corrected chi connectivity index (χ0v) is 16.3. The SMILES string of the molecule is O=C(NCc1ccc(C(F)(F)F)cc1)c1ccc2c(c1)CCN(C1CCC1)CC2. The van der Waals surface area contributed by atoms with Gasteiger partial charge in [-0.1, -0.05) is 24.6 Å². The summed E-state index contributed by atoms with van der Waals surface area (Å²) in [6.45, 7) is 2.31. The molecule has 0 saturated heterocycles. The van der Waals surface area contributed by atoms with E-state index in [1.807, 2.05) is 18.2 Å². The summed E-state index contributed by atoms with van der Waals surface area (Å²) in [5.74, 6) is -0.201. The van der Waals surface area contributed by atoms with Crippen LogP contribution in [0.2, 0.25) is 0 Å². The van der Waals surface area contributed by atoms with Crippen molar-refractivity contribution < 1.29 is 18.0 Å². The Balaban J connectivity index is 1.36. The van der Waals surface area contributed by atoms with E-state index in [4.69, 9.17) is 0 Å². The van der Waals surface area contributed by atoms with Gasteiger partial charge in [-0.3, -0.25) is 9.69 Å². The van der Waals surface area contributed by atoms with Crippen molar-refractivity contribution in [1.29, 1.82) is 0 Å². The molecule has 0 radical (unpaired) electrons. The van der Waals surface area contributed by atoms with Crippen molar-refractivity contribution in [1.82, 2.24) is 10.2 Å². The second-order valence-corrected chi connectivity index (χ2v) is 7.98. The van der Waals surface area contributed by atoms with Crippen LogP contribution >= 0.6 is 0 Å². The Morgan fingerprint density at radius 2 is 1.69 bits per heavy atom. The molecule has 2 aromatic rings. The quantitative estimate of drug-likeness (QED) is 0.811. The number of fused-ring (bicyclic) bond motifs is 1.